The van der Waals surface area contributed by atoms with E-state index in [0.717, 1.165) is 6.42 Å². The normalized spacial score (nSPS) is 8.21. The van der Waals surface area contributed by atoms with Gasteiger partial charge in [-0.1, -0.05) is 73.9 Å². The summed E-state index contributed by atoms with van der Waals surface area (Å²) < 4.78 is 0. The lowest BCUT2D eigenvalue weighted by molar-refractivity contribution is 0.137. The second-order valence-corrected chi connectivity index (χ2v) is 3.09. The van der Waals surface area contributed by atoms with Gasteiger partial charge in [0, 0.05) is 0 Å². The fraction of sp³-hybridized carbons (Fsp3) is 0.0625. The molecule has 19 heavy (non-hydrogen) atoms. The SMILES string of the molecule is C=CC=CCC=C.C=Cc1ccccc1.O=C(O)O. The van der Waals surface area contributed by atoms with Crippen LogP contribution in [0, 0.1) is 0 Å². The lowest BCUT2D eigenvalue weighted by Gasteiger charge is -1.85. The summed E-state index contributed by atoms with van der Waals surface area (Å²) in [6, 6.07) is 10.0. The third kappa shape index (κ3) is 21.3. The summed E-state index contributed by atoms with van der Waals surface area (Å²) in [7, 11) is 0. The lowest BCUT2D eigenvalue weighted by atomic mass is 10.2. The molecule has 0 amide bonds. The highest BCUT2D eigenvalue weighted by atomic mass is 16.6. The van der Waals surface area contributed by atoms with Gasteiger partial charge in [0.05, 0.1) is 0 Å². The van der Waals surface area contributed by atoms with Crippen LogP contribution in [0.3, 0.4) is 0 Å². The Labute approximate surface area is 114 Å². The van der Waals surface area contributed by atoms with Crippen molar-refractivity contribution in [1.82, 2.24) is 0 Å². The van der Waals surface area contributed by atoms with Gasteiger partial charge in [0.1, 0.15) is 0 Å². The highest BCUT2D eigenvalue weighted by Crippen LogP contribution is 1.97. The van der Waals surface area contributed by atoms with Gasteiger partial charge in [0.15, 0.2) is 0 Å². The Kier molecular flexibility index (Phi) is 15.3. The second kappa shape index (κ2) is 15.4. The number of benzene rings is 1. The summed E-state index contributed by atoms with van der Waals surface area (Å²) in [5, 5.41) is 13.9. The van der Waals surface area contributed by atoms with Crippen LogP contribution in [0.2, 0.25) is 0 Å². The van der Waals surface area contributed by atoms with E-state index < -0.39 is 6.16 Å². The molecular weight excluding hydrogens is 240 g/mol. The molecule has 0 saturated carbocycles. The quantitative estimate of drug-likeness (QED) is 0.600. The van der Waals surface area contributed by atoms with Crippen molar-refractivity contribution in [3.8, 4) is 0 Å². The molecule has 1 aromatic carbocycles. The van der Waals surface area contributed by atoms with Gasteiger partial charge < -0.3 is 10.2 Å². The molecule has 0 fully saturated rings. The Hall–Kier alpha value is -2.55. The van der Waals surface area contributed by atoms with Crippen molar-refractivity contribution in [2.24, 2.45) is 0 Å². The number of rotatable bonds is 4. The predicted octanol–water partition coefficient (Wildman–Crippen LogP) is 4.86. The van der Waals surface area contributed by atoms with Gasteiger partial charge in [-0.2, -0.15) is 0 Å². The van der Waals surface area contributed by atoms with E-state index in [1.807, 2.05) is 54.6 Å². The van der Waals surface area contributed by atoms with Crippen molar-refractivity contribution < 1.29 is 15.0 Å². The van der Waals surface area contributed by atoms with Crippen molar-refractivity contribution in [3.63, 3.8) is 0 Å². The van der Waals surface area contributed by atoms with Crippen LogP contribution < -0.4 is 0 Å². The van der Waals surface area contributed by atoms with E-state index in [0.29, 0.717) is 0 Å². The molecule has 0 aliphatic rings. The Morgan fingerprint density at radius 3 is 1.95 bits per heavy atom. The molecule has 3 nitrogen and oxygen atoms in total. The van der Waals surface area contributed by atoms with Gasteiger partial charge in [-0.05, 0) is 12.0 Å². The number of allylic oxidation sites excluding steroid dienone is 4. The summed E-state index contributed by atoms with van der Waals surface area (Å²) in [6.45, 7) is 10.7. The van der Waals surface area contributed by atoms with Gasteiger partial charge in [-0.15, -0.1) is 6.58 Å². The molecule has 1 rings (SSSR count). The Bertz CT molecular complexity index is 388. The van der Waals surface area contributed by atoms with Crippen LogP contribution in [0.15, 0.2) is 74.4 Å². The zero-order valence-electron chi connectivity index (χ0n) is 10.9. The van der Waals surface area contributed by atoms with Gasteiger partial charge in [0.2, 0.25) is 0 Å². The maximum Gasteiger partial charge on any atom is 0.503 e. The van der Waals surface area contributed by atoms with Crippen LogP contribution in [-0.4, -0.2) is 16.4 Å². The molecular formula is C16H20O3. The third-order valence-corrected chi connectivity index (χ3v) is 1.61. The van der Waals surface area contributed by atoms with Crippen molar-refractivity contribution in [2.75, 3.05) is 0 Å². The van der Waals surface area contributed by atoms with E-state index in [-0.39, 0.29) is 0 Å². The topological polar surface area (TPSA) is 57.5 Å². The first-order valence-electron chi connectivity index (χ1n) is 5.56. The fourth-order valence-electron chi connectivity index (χ4n) is 0.860. The van der Waals surface area contributed by atoms with Crippen LogP contribution >= 0.6 is 0 Å². The van der Waals surface area contributed by atoms with E-state index in [1.54, 1.807) is 6.08 Å². The first kappa shape index (κ1) is 18.8. The molecule has 0 atom stereocenters. The molecule has 0 aromatic heterocycles. The van der Waals surface area contributed by atoms with Crippen LogP contribution in [0.1, 0.15) is 12.0 Å². The minimum absolute atomic E-state index is 0.937. The van der Waals surface area contributed by atoms with Gasteiger partial charge in [-0.25, -0.2) is 4.79 Å². The third-order valence-electron chi connectivity index (χ3n) is 1.61. The van der Waals surface area contributed by atoms with E-state index >= 15 is 0 Å². The minimum Gasteiger partial charge on any atom is -0.450 e. The molecule has 0 saturated heterocycles. The molecule has 0 aliphatic carbocycles. The second-order valence-electron chi connectivity index (χ2n) is 3.09. The Morgan fingerprint density at radius 1 is 1.11 bits per heavy atom. The molecule has 3 heteroatoms. The predicted molar refractivity (Wildman–Crippen MR) is 81.3 cm³/mol. The first-order valence-corrected chi connectivity index (χ1v) is 5.56. The summed E-state index contributed by atoms with van der Waals surface area (Å²) in [4.78, 5) is 8.56. The van der Waals surface area contributed by atoms with Gasteiger partial charge in [-0.3, -0.25) is 0 Å². The molecule has 2 N–H and O–H groups in total. The first-order chi connectivity index (χ1) is 9.08. The molecule has 0 unspecified atom stereocenters. The number of hydrogen-bond acceptors (Lipinski definition) is 1. The summed E-state index contributed by atoms with van der Waals surface area (Å²) >= 11 is 0. The molecule has 0 spiro atoms. The van der Waals surface area contributed by atoms with Crippen molar-refractivity contribution >= 4 is 12.2 Å². The van der Waals surface area contributed by atoms with Crippen molar-refractivity contribution in [1.29, 1.82) is 0 Å². The summed E-state index contributed by atoms with van der Waals surface area (Å²) in [6.07, 6.45) is 8.44. The zero-order chi connectivity index (χ0) is 14.9. The summed E-state index contributed by atoms with van der Waals surface area (Å²) in [5.74, 6) is 0. The standard InChI is InChI=1S/C8H8.C7H10.CH2O3/c1-2-8-6-4-3-5-7-8;1-3-5-7-6-4-2;2-1(3)4/h2-7H,1H2;3-5,7H,1-2,6H2;(H2,2,3,4). The van der Waals surface area contributed by atoms with Crippen LogP contribution in [0.4, 0.5) is 4.79 Å². The molecule has 102 valence electrons. The number of hydrogen-bond donors (Lipinski definition) is 2. The molecule has 0 heterocycles. The van der Waals surface area contributed by atoms with Crippen LogP contribution in [0.25, 0.3) is 6.08 Å². The molecule has 0 radical (unpaired) electrons. The van der Waals surface area contributed by atoms with Crippen molar-refractivity contribution in [2.45, 2.75) is 6.42 Å². The minimum atomic E-state index is -1.83. The van der Waals surface area contributed by atoms with E-state index in [4.69, 9.17) is 15.0 Å². The zero-order valence-corrected chi connectivity index (χ0v) is 10.9. The van der Waals surface area contributed by atoms with Crippen molar-refractivity contribution in [3.05, 3.63) is 79.9 Å². The van der Waals surface area contributed by atoms with Gasteiger partial charge >= 0.3 is 6.16 Å². The van der Waals surface area contributed by atoms with E-state index in [1.165, 1.54) is 5.56 Å². The fourth-order valence-corrected chi connectivity index (χ4v) is 0.860. The highest BCUT2D eigenvalue weighted by molar-refractivity contribution is 5.53. The average molecular weight is 260 g/mol. The van der Waals surface area contributed by atoms with E-state index in [2.05, 4.69) is 19.7 Å². The summed E-state index contributed by atoms with van der Waals surface area (Å²) in [5.41, 5.74) is 1.17. The molecule has 1 aromatic rings. The Balaban J connectivity index is 0. The number of carboxylic acid groups (broad SMARTS) is 2. The maximum atomic E-state index is 8.56. The smallest absolute Gasteiger partial charge is 0.450 e. The lowest BCUT2D eigenvalue weighted by Crippen LogP contribution is -1.81. The monoisotopic (exact) mass is 260 g/mol. The largest absolute Gasteiger partial charge is 0.503 e. The molecule has 0 bridgehead atoms. The maximum absolute atomic E-state index is 8.56. The van der Waals surface area contributed by atoms with Crippen LogP contribution in [-0.2, 0) is 0 Å². The van der Waals surface area contributed by atoms with Gasteiger partial charge in [0.25, 0.3) is 0 Å². The van der Waals surface area contributed by atoms with E-state index in [9.17, 15) is 0 Å². The van der Waals surface area contributed by atoms with Crippen LogP contribution in [0.5, 0.6) is 0 Å². The Morgan fingerprint density at radius 2 is 1.63 bits per heavy atom. The average Bonchev–Trinajstić information content (AvgIpc) is 2.40. The number of carbonyl (C=O) groups is 1. The molecule has 0 aliphatic heterocycles. The highest BCUT2D eigenvalue weighted by Gasteiger charge is 1.75.